The summed E-state index contributed by atoms with van der Waals surface area (Å²) in [5, 5.41) is 9.13. The van der Waals surface area contributed by atoms with Gasteiger partial charge in [-0.1, -0.05) is 25.1 Å². The summed E-state index contributed by atoms with van der Waals surface area (Å²) in [7, 11) is 0. The quantitative estimate of drug-likeness (QED) is 0.897. The summed E-state index contributed by atoms with van der Waals surface area (Å²) in [6.45, 7) is 1.85. The zero-order valence-electron chi connectivity index (χ0n) is 11.2. The van der Waals surface area contributed by atoms with Crippen LogP contribution in [0, 0.1) is 0 Å². The number of ether oxygens (including phenoxy) is 1. The first-order valence-corrected chi connectivity index (χ1v) is 7.61. The lowest BCUT2D eigenvalue weighted by atomic mass is 10.2. The molecule has 5 nitrogen and oxygen atoms in total. The minimum Gasteiger partial charge on any atom is -0.481 e. The highest BCUT2D eigenvalue weighted by Gasteiger charge is 2.37. The highest BCUT2D eigenvalue weighted by molar-refractivity contribution is 7.99. The largest absolute Gasteiger partial charge is 0.481 e. The van der Waals surface area contributed by atoms with Gasteiger partial charge in [0.2, 0.25) is 0 Å². The number of benzene rings is 1. The summed E-state index contributed by atoms with van der Waals surface area (Å²) in [6, 6.07) is 8.34. The molecule has 1 amide bonds. The monoisotopic (exact) mass is 295 g/mol. The molecular formula is C14H17NO4S. The van der Waals surface area contributed by atoms with Crippen molar-refractivity contribution in [2.75, 3.05) is 11.6 Å². The topological polar surface area (TPSA) is 66.8 Å². The zero-order valence-corrected chi connectivity index (χ0v) is 12.0. The van der Waals surface area contributed by atoms with Gasteiger partial charge in [-0.3, -0.25) is 4.79 Å². The summed E-state index contributed by atoms with van der Waals surface area (Å²) in [6.07, 6.45) is -0.140. The van der Waals surface area contributed by atoms with Crippen LogP contribution in [0.5, 0.6) is 5.75 Å². The lowest BCUT2D eigenvalue weighted by molar-refractivity contribution is -0.150. The molecule has 20 heavy (non-hydrogen) atoms. The fourth-order valence-electron chi connectivity index (χ4n) is 2.02. The van der Waals surface area contributed by atoms with Gasteiger partial charge in [-0.15, -0.1) is 11.8 Å². The molecule has 2 unspecified atom stereocenters. The third-order valence-corrected chi connectivity index (χ3v) is 4.13. The van der Waals surface area contributed by atoms with Crippen molar-refractivity contribution in [1.29, 1.82) is 0 Å². The van der Waals surface area contributed by atoms with Crippen LogP contribution in [0.4, 0.5) is 0 Å². The number of nitrogens with zero attached hydrogens (tertiary/aromatic N) is 1. The van der Waals surface area contributed by atoms with Crippen molar-refractivity contribution in [1.82, 2.24) is 4.90 Å². The maximum absolute atomic E-state index is 12.4. The first kappa shape index (κ1) is 14.7. The van der Waals surface area contributed by atoms with Gasteiger partial charge in [-0.25, -0.2) is 4.79 Å². The van der Waals surface area contributed by atoms with Crippen LogP contribution in [-0.4, -0.2) is 45.7 Å². The Bertz CT molecular complexity index is 479. The van der Waals surface area contributed by atoms with Crippen LogP contribution in [0.25, 0.3) is 0 Å². The van der Waals surface area contributed by atoms with Gasteiger partial charge < -0.3 is 14.7 Å². The molecule has 0 aliphatic carbocycles. The molecule has 1 saturated heterocycles. The van der Waals surface area contributed by atoms with Crippen molar-refractivity contribution in [2.45, 2.75) is 25.5 Å². The second-order valence-corrected chi connectivity index (χ2v) is 5.49. The van der Waals surface area contributed by atoms with E-state index in [9.17, 15) is 9.59 Å². The number of carbonyl (C=O) groups excluding carboxylic acids is 1. The molecule has 1 aliphatic heterocycles. The first-order valence-electron chi connectivity index (χ1n) is 6.46. The van der Waals surface area contributed by atoms with Crippen LogP contribution < -0.4 is 4.74 Å². The average molecular weight is 295 g/mol. The van der Waals surface area contributed by atoms with E-state index in [1.165, 1.54) is 16.7 Å². The van der Waals surface area contributed by atoms with Crippen molar-refractivity contribution in [3.05, 3.63) is 30.3 Å². The van der Waals surface area contributed by atoms with E-state index in [1.807, 2.05) is 25.1 Å². The number of hydrogen-bond acceptors (Lipinski definition) is 4. The van der Waals surface area contributed by atoms with E-state index in [0.717, 1.165) is 0 Å². The van der Waals surface area contributed by atoms with Crippen molar-refractivity contribution < 1.29 is 19.4 Å². The molecule has 0 saturated carbocycles. The van der Waals surface area contributed by atoms with Crippen molar-refractivity contribution in [2.24, 2.45) is 0 Å². The van der Waals surface area contributed by atoms with Gasteiger partial charge in [-0.2, -0.15) is 0 Å². The third kappa shape index (κ3) is 3.25. The number of aliphatic carboxylic acids is 1. The van der Waals surface area contributed by atoms with Crippen LogP contribution in [0.3, 0.4) is 0 Å². The third-order valence-electron chi connectivity index (χ3n) is 3.12. The normalized spacial score (nSPS) is 19.6. The molecule has 0 aromatic heterocycles. The highest BCUT2D eigenvalue weighted by atomic mass is 32.2. The number of carboxylic acid groups (broad SMARTS) is 1. The Hall–Kier alpha value is -1.69. The molecular weight excluding hydrogens is 278 g/mol. The molecule has 6 heteroatoms. The molecule has 0 spiro atoms. The van der Waals surface area contributed by atoms with E-state index in [1.54, 1.807) is 12.1 Å². The van der Waals surface area contributed by atoms with Gasteiger partial charge in [0.05, 0.1) is 5.88 Å². The lowest BCUT2D eigenvalue weighted by Crippen LogP contribution is -2.47. The fraction of sp³-hybridized carbons (Fsp3) is 0.429. The Kier molecular flexibility index (Phi) is 4.89. The van der Waals surface area contributed by atoms with E-state index in [0.29, 0.717) is 23.8 Å². The number of thioether (sulfide) groups is 1. The van der Waals surface area contributed by atoms with Gasteiger partial charge in [0.25, 0.3) is 5.91 Å². The number of carboxylic acids is 1. The summed E-state index contributed by atoms with van der Waals surface area (Å²) in [4.78, 5) is 25.0. The van der Waals surface area contributed by atoms with Crippen LogP contribution in [0.2, 0.25) is 0 Å². The van der Waals surface area contributed by atoms with Crippen LogP contribution in [0.1, 0.15) is 13.3 Å². The molecule has 1 heterocycles. The Labute approximate surface area is 121 Å². The standard InChI is InChI=1S/C14H17NO4S/c1-2-12(19-10-6-4-3-5-7-10)13(16)15-9-20-8-11(15)14(17)18/h3-7,11-12H,2,8-9H2,1H3,(H,17,18). The SMILES string of the molecule is CCC(Oc1ccccc1)C(=O)N1CSCC1C(=O)O. The maximum Gasteiger partial charge on any atom is 0.327 e. The van der Waals surface area contributed by atoms with Crippen molar-refractivity contribution in [3.8, 4) is 5.75 Å². The van der Waals surface area contributed by atoms with Gasteiger partial charge in [0.1, 0.15) is 11.8 Å². The van der Waals surface area contributed by atoms with E-state index in [-0.39, 0.29) is 5.91 Å². The van der Waals surface area contributed by atoms with Gasteiger partial charge in [0.15, 0.2) is 6.10 Å². The highest BCUT2D eigenvalue weighted by Crippen LogP contribution is 2.23. The molecule has 1 aliphatic rings. The molecule has 2 rings (SSSR count). The molecule has 1 N–H and O–H groups in total. The Morgan fingerprint density at radius 2 is 2.15 bits per heavy atom. The minimum atomic E-state index is -0.960. The van der Waals surface area contributed by atoms with E-state index in [4.69, 9.17) is 9.84 Å². The number of amides is 1. The van der Waals surface area contributed by atoms with Crippen molar-refractivity contribution >= 4 is 23.6 Å². The summed E-state index contributed by atoms with van der Waals surface area (Å²) in [5.41, 5.74) is 0. The molecule has 1 fully saturated rings. The number of carbonyl (C=O) groups is 2. The Morgan fingerprint density at radius 1 is 1.45 bits per heavy atom. The molecule has 1 aromatic rings. The second kappa shape index (κ2) is 6.65. The predicted molar refractivity (Wildman–Crippen MR) is 76.7 cm³/mol. The second-order valence-electron chi connectivity index (χ2n) is 4.49. The van der Waals surface area contributed by atoms with E-state index in [2.05, 4.69) is 0 Å². The van der Waals surface area contributed by atoms with Crippen LogP contribution in [-0.2, 0) is 9.59 Å². The summed E-state index contributed by atoms with van der Waals surface area (Å²) >= 11 is 1.45. The van der Waals surface area contributed by atoms with Crippen molar-refractivity contribution in [3.63, 3.8) is 0 Å². The predicted octanol–water partition coefficient (Wildman–Crippen LogP) is 1.83. The number of rotatable bonds is 5. The number of para-hydroxylation sites is 1. The molecule has 0 bridgehead atoms. The molecule has 2 atom stereocenters. The lowest BCUT2D eigenvalue weighted by Gasteiger charge is -2.25. The van der Waals surface area contributed by atoms with Gasteiger partial charge in [0, 0.05) is 5.75 Å². The smallest absolute Gasteiger partial charge is 0.327 e. The average Bonchev–Trinajstić information content (AvgIpc) is 2.94. The first-order chi connectivity index (χ1) is 9.63. The number of hydrogen-bond donors (Lipinski definition) is 1. The summed E-state index contributed by atoms with van der Waals surface area (Å²) in [5.74, 6) is 0.242. The summed E-state index contributed by atoms with van der Waals surface area (Å²) < 4.78 is 5.67. The zero-order chi connectivity index (χ0) is 14.5. The van der Waals surface area contributed by atoms with E-state index < -0.39 is 18.1 Å². The van der Waals surface area contributed by atoms with Gasteiger partial charge >= 0.3 is 5.97 Å². The minimum absolute atomic E-state index is 0.256. The molecule has 1 aromatic carbocycles. The van der Waals surface area contributed by atoms with E-state index >= 15 is 0 Å². The molecule has 0 radical (unpaired) electrons. The Morgan fingerprint density at radius 3 is 2.75 bits per heavy atom. The van der Waals surface area contributed by atoms with Crippen LogP contribution >= 0.6 is 11.8 Å². The fourth-order valence-corrected chi connectivity index (χ4v) is 3.18. The molecule has 108 valence electrons. The van der Waals surface area contributed by atoms with Crippen LogP contribution in [0.15, 0.2) is 30.3 Å². The maximum atomic E-state index is 12.4. The van der Waals surface area contributed by atoms with Gasteiger partial charge in [-0.05, 0) is 18.6 Å². The Balaban J connectivity index is 2.07.